The molecule has 5 aromatic rings. The van der Waals surface area contributed by atoms with E-state index in [2.05, 4.69) is 9.97 Å². The molecule has 3 heterocycles. The van der Waals surface area contributed by atoms with Crippen LogP contribution in [0.1, 0.15) is 17.2 Å². The van der Waals surface area contributed by atoms with Crippen molar-refractivity contribution < 1.29 is 14.7 Å². The number of rotatable bonds is 4. The van der Waals surface area contributed by atoms with Crippen molar-refractivity contribution >= 4 is 50.6 Å². The van der Waals surface area contributed by atoms with Crippen molar-refractivity contribution in [2.75, 3.05) is 23.9 Å². The standard InChI is InChI=1S/C29H24N4O3/c1-32(2)17-11-13-18(14-12-17)33-26(21-15-30-23-9-5-3-7-19(21)23)25(28(35)29(33)36)27(34)22-16-31-24-10-6-4-8-20(22)24/h3-16,26,30-31,34H,1-2H3/b27-25+. The Balaban J connectivity index is 1.60. The van der Waals surface area contributed by atoms with Gasteiger partial charge in [-0.25, -0.2) is 0 Å². The number of aliphatic hydroxyl groups is 1. The minimum atomic E-state index is -0.806. The van der Waals surface area contributed by atoms with E-state index < -0.39 is 17.7 Å². The Morgan fingerprint density at radius 2 is 1.44 bits per heavy atom. The van der Waals surface area contributed by atoms with Gasteiger partial charge in [0.15, 0.2) is 0 Å². The number of amides is 1. The van der Waals surface area contributed by atoms with Gasteiger partial charge in [0.05, 0.1) is 11.6 Å². The molecule has 1 aliphatic heterocycles. The monoisotopic (exact) mass is 476 g/mol. The highest BCUT2D eigenvalue weighted by molar-refractivity contribution is 6.52. The predicted molar refractivity (Wildman–Crippen MR) is 142 cm³/mol. The van der Waals surface area contributed by atoms with Crippen LogP contribution in [0.15, 0.2) is 90.8 Å². The van der Waals surface area contributed by atoms with E-state index in [1.165, 1.54) is 4.90 Å². The summed E-state index contributed by atoms with van der Waals surface area (Å²) in [5, 5.41) is 13.2. The Morgan fingerprint density at radius 1 is 0.833 bits per heavy atom. The number of aromatic nitrogens is 2. The molecule has 1 aliphatic rings. The number of ketones is 1. The number of carbonyl (C=O) groups is 2. The first-order valence-corrected chi connectivity index (χ1v) is 11.7. The van der Waals surface area contributed by atoms with Crippen LogP contribution in [0, 0.1) is 0 Å². The molecule has 1 fully saturated rings. The van der Waals surface area contributed by atoms with Crippen molar-refractivity contribution in [3.63, 3.8) is 0 Å². The zero-order chi connectivity index (χ0) is 25.0. The summed E-state index contributed by atoms with van der Waals surface area (Å²) in [6.45, 7) is 0. The van der Waals surface area contributed by atoms with E-state index in [9.17, 15) is 14.7 Å². The molecule has 36 heavy (non-hydrogen) atoms. The van der Waals surface area contributed by atoms with Crippen molar-refractivity contribution in [1.82, 2.24) is 9.97 Å². The number of nitrogens with one attached hydrogen (secondary N) is 2. The number of aromatic amines is 2. The highest BCUT2D eigenvalue weighted by atomic mass is 16.3. The molecule has 2 aromatic heterocycles. The van der Waals surface area contributed by atoms with Gasteiger partial charge in [-0.2, -0.15) is 0 Å². The second-order valence-electron chi connectivity index (χ2n) is 9.12. The lowest BCUT2D eigenvalue weighted by atomic mass is 9.94. The second-order valence-corrected chi connectivity index (χ2v) is 9.12. The van der Waals surface area contributed by atoms with Gasteiger partial charge in [-0.15, -0.1) is 0 Å². The molecule has 7 nitrogen and oxygen atoms in total. The zero-order valence-electron chi connectivity index (χ0n) is 19.8. The molecule has 0 aliphatic carbocycles. The number of hydrogen-bond donors (Lipinski definition) is 3. The summed E-state index contributed by atoms with van der Waals surface area (Å²) in [6, 6.07) is 21.9. The summed E-state index contributed by atoms with van der Waals surface area (Å²) in [7, 11) is 3.88. The number of nitrogens with zero attached hydrogens (tertiary/aromatic N) is 2. The summed E-state index contributed by atoms with van der Waals surface area (Å²) in [5.74, 6) is -1.59. The SMILES string of the molecule is CN(C)c1ccc(N2C(=O)C(=O)/C(=C(/O)c3c[nH]c4ccccc34)C2c2c[nH]c3ccccc23)cc1. The summed E-state index contributed by atoms with van der Waals surface area (Å²) in [4.78, 5) is 36.9. The average molecular weight is 477 g/mol. The van der Waals surface area contributed by atoms with E-state index in [0.29, 0.717) is 11.3 Å². The third-order valence-corrected chi connectivity index (χ3v) is 6.85. The lowest BCUT2D eigenvalue weighted by Gasteiger charge is -2.25. The van der Waals surface area contributed by atoms with Crippen LogP contribution in [0.5, 0.6) is 0 Å². The van der Waals surface area contributed by atoms with Crippen LogP contribution in [-0.2, 0) is 9.59 Å². The molecule has 0 spiro atoms. The van der Waals surface area contributed by atoms with E-state index >= 15 is 0 Å². The van der Waals surface area contributed by atoms with Gasteiger partial charge in [-0.1, -0.05) is 36.4 Å². The Hall–Kier alpha value is -4.78. The number of H-pyrrole nitrogens is 2. The molecule has 178 valence electrons. The molecule has 3 aromatic carbocycles. The molecule has 0 bridgehead atoms. The molecular formula is C29H24N4O3. The topological polar surface area (TPSA) is 92.4 Å². The Kier molecular flexibility index (Phi) is 4.93. The third kappa shape index (κ3) is 3.20. The second kappa shape index (κ2) is 8.16. The molecule has 1 unspecified atom stereocenters. The fourth-order valence-corrected chi connectivity index (χ4v) is 5.04. The molecule has 0 radical (unpaired) electrons. The highest BCUT2D eigenvalue weighted by Gasteiger charge is 2.48. The van der Waals surface area contributed by atoms with E-state index in [0.717, 1.165) is 33.1 Å². The smallest absolute Gasteiger partial charge is 0.300 e. The quantitative estimate of drug-likeness (QED) is 0.185. The number of carbonyl (C=O) groups excluding carboxylic acids is 2. The Bertz CT molecular complexity index is 1670. The minimum Gasteiger partial charge on any atom is -0.507 e. The highest BCUT2D eigenvalue weighted by Crippen LogP contribution is 2.45. The largest absolute Gasteiger partial charge is 0.507 e. The average Bonchev–Trinajstić information content (AvgIpc) is 3.58. The minimum absolute atomic E-state index is 0.0613. The van der Waals surface area contributed by atoms with Gasteiger partial charge in [-0.05, 0) is 36.4 Å². The van der Waals surface area contributed by atoms with Crippen LogP contribution in [-0.4, -0.2) is 40.9 Å². The molecule has 1 saturated heterocycles. The van der Waals surface area contributed by atoms with Gasteiger partial charge < -0.3 is 20.0 Å². The summed E-state index contributed by atoms with van der Waals surface area (Å²) in [6.07, 6.45) is 3.48. The lowest BCUT2D eigenvalue weighted by Crippen LogP contribution is -2.29. The van der Waals surface area contributed by atoms with Crippen LogP contribution in [0.4, 0.5) is 11.4 Å². The van der Waals surface area contributed by atoms with E-state index in [1.54, 1.807) is 6.20 Å². The van der Waals surface area contributed by atoms with E-state index in [4.69, 9.17) is 0 Å². The van der Waals surface area contributed by atoms with Crippen LogP contribution >= 0.6 is 0 Å². The lowest BCUT2D eigenvalue weighted by molar-refractivity contribution is -0.132. The molecule has 6 rings (SSSR count). The fraction of sp³-hybridized carbons (Fsp3) is 0.103. The molecule has 1 amide bonds. The van der Waals surface area contributed by atoms with Gasteiger partial charge in [0.2, 0.25) is 0 Å². The number of fused-ring (bicyclic) bond motifs is 2. The normalized spacial score (nSPS) is 17.4. The number of Topliss-reactive ketones (excluding diaryl/α,β-unsaturated/α-hetero) is 1. The number of aliphatic hydroxyl groups excluding tert-OH is 1. The van der Waals surface area contributed by atoms with Gasteiger partial charge >= 0.3 is 0 Å². The molecular weight excluding hydrogens is 452 g/mol. The molecule has 3 N–H and O–H groups in total. The van der Waals surface area contributed by atoms with Crippen LogP contribution in [0.3, 0.4) is 0 Å². The summed E-state index contributed by atoms with van der Waals surface area (Å²) < 4.78 is 0. The molecule has 7 heteroatoms. The molecule has 0 saturated carbocycles. The maximum absolute atomic E-state index is 13.5. The fourth-order valence-electron chi connectivity index (χ4n) is 5.04. The number of hydrogen-bond acceptors (Lipinski definition) is 4. The van der Waals surface area contributed by atoms with Crippen molar-refractivity contribution in [2.45, 2.75) is 6.04 Å². The zero-order valence-corrected chi connectivity index (χ0v) is 19.8. The van der Waals surface area contributed by atoms with Crippen molar-refractivity contribution in [2.24, 2.45) is 0 Å². The van der Waals surface area contributed by atoms with E-state index in [1.807, 2.05) is 98.0 Å². The van der Waals surface area contributed by atoms with Crippen molar-refractivity contribution in [1.29, 1.82) is 0 Å². The first-order chi connectivity index (χ1) is 17.5. The van der Waals surface area contributed by atoms with Crippen LogP contribution in [0.2, 0.25) is 0 Å². The molecule has 1 atom stereocenters. The van der Waals surface area contributed by atoms with Gasteiger partial charge in [0, 0.05) is 70.8 Å². The maximum Gasteiger partial charge on any atom is 0.300 e. The Labute approximate surface area is 207 Å². The van der Waals surface area contributed by atoms with Crippen molar-refractivity contribution in [3.05, 3.63) is 102 Å². The van der Waals surface area contributed by atoms with Gasteiger partial charge in [0.1, 0.15) is 5.76 Å². The Morgan fingerprint density at radius 3 is 2.14 bits per heavy atom. The summed E-state index contributed by atoms with van der Waals surface area (Å²) >= 11 is 0. The first-order valence-electron chi connectivity index (χ1n) is 11.7. The predicted octanol–water partition coefficient (Wildman–Crippen LogP) is 5.34. The third-order valence-electron chi connectivity index (χ3n) is 6.85. The van der Waals surface area contributed by atoms with Crippen LogP contribution < -0.4 is 9.80 Å². The number of para-hydroxylation sites is 2. The first kappa shape index (κ1) is 21.7. The maximum atomic E-state index is 13.5. The number of anilines is 2. The van der Waals surface area contributed by atoms with E-state index in [-0.39, 0.29) is 11.3 Å². The number of benzene rings is 3. The van der Waals surface area contributed by atoms with Gasteiger partial charge in [-0.3, -0.25) is 14.5 Å². The van der Waals surface area contributed by atoms with Crippen molar-refractivity contribution in [3.8, 4) is 0 Å². The summed E-state index contributed by atoms with van der Waals surface area (Å²) in [5.41, 5.74) is 4.54. The van der Waals surface area contributed by atoms with Crippen LogP contribution in [0.25, 0.3) is 27.6 Å². The van der Waals surface area contributed by atoms with Gasteiger partial charge in [0.25, 0.3) is 11.7 Å².